The third kappa shape index (κ3) is 4.84. The summed E-state index contributed by atoms with van der Waals surface area (Å²) in [6.07, 6.45) is 0. The van der Waals surface area contributed by atoms with Gasteiger partial charge in [0.15, 0.2) is 0 Å². The number of carbonyl (C=O) groups excluding carboxylic acids is 1. The molecule has 0 aliphatic carbocycles. The van der Waals surface area contributed by atoms with Crippen LogP contribution in [0.2, 0.25) is 5.02 Å². The van der Waals surface area contributed by atoms with Gasteiger partial charge < -0.3 is 9.42 Å². The Bertz CT molecular complexity index is 837. The van der Waals surface area contributed by atoms with Crippen molar-refractivity contribution in [3.8, 4) is 11.4 Å². The molecule has 25 heavy (non-hydrogen) atoms. The molecule has 7 heteroatoms. The van der Waals surface area contributed by atoms with Crippen molar-refractivity contribution >= 4 is 29.3 Å². The number of carbonyl (C=O) groups is 1. The smallest absolute Gasteiger partial charge is 0.246 e. The van der Waals surface area contributed by atoms with Crippen LogP contribution in [0.1, 0.15) is 5.89 Å². The fraction of sp³-hybridized carbons (Fsp3) is 0.167. The Balaban J connectivity index is 1.56. The fourth-order valence-electron chi connectivity index (χ4n) is 2.10. The maximum Gasteiger partial charge on any atom is 0.246 e. The van der Waals surface area contributed by atoms with Crippen LogP contribution in [0.15, 0.2) is 64.0 Å². The van der Waals surface area contributed by atoms with E-state index in [2.05, 4.69) is 10.1 Å². The topological polar surface area (TPSA) is 59.2 Å². The monoisotopic (exact) mass is 373 g/mol. The zero-order valence-corrected chi connectivity index (χ0v) is 15.1. The number of benzene rings is 2. The molecule has 1 amide bonds. The number of hydrogen-bond acceptors (Lipinski definition) is 5. The number of nitrogens with zero attached hydrogens (tertiary/aromatic N) is 3. The zero-order chi connectivity index (χ0) is 17.6. The first kappa shape index (κ1) is 17.5. The van der Waals surface area contributed by atoms with E-state index in [1.807, 2.05) is 42.5 Å². The predicted octanol–water partition coefficient (Wildman–Crippen LogP) is 4.14. The van der Waals surface area contributed by atoms with Crippen LogP contribution in [0.25, 0.3) is 11.4 Å². The Kier molecular flexibility index (Phi) is 5.73. The van der Waals surface area contributed by atoms with Gasteiger partial charge in [0.2, 0.25) is 17.6 Å². The summed E-state index contributed by atoms with van der Waals surface area (Å²) in [5, 5.41) is 4.60. The van der Waals surface area contributed by atoms with Crippen LogP contribution in [0, 0.1) is 0 Å². The molecule has 0 saturated heterocycles. The quantitative estimate of drug-likeness (QED) is 0.608. The van der Waals surface area contributed by atoms with Crippen molar-refractivity contribution in [1.82, 2.24) is 15.0 Å². The highest BCUT2D eigenvalue weighted by atomic mass is 35.5. The minimum Gasteiger partial charge on any atom is -0.337 e. The molecule has 0 saturated carbocycles. The number of aromatic nitrogens is 2. The summed E-state index contributed by atoms with van der Waals surface area (Å²) in [4.78, 5) is 19.2. The van der Waals surface area contributed by atoms with Gasteiger partial charge in [-0.1, -0.05) is 35.0 Å². The summed E-state index contributed by atoms with van der Waals surface area (Å²) >= 11 is 7.37. The molecule has 3 aromatic rings. The van der Waals surface area contributed by atoms with E-state index in [1.165, 1.54) is 11.8 Å². The Morgan fingerprint density at radius 3 is 2.60 bits per heavy atom. The van der Waals surface area contributed by atoms with Crippen molar-refractivity contribution in [1.29, 1.82) is 0 Å². The Morgan fingerprint density at radius 1 is 1.16 bits per heavy atom. The van der Waals surface area contributed by atoms with Crippen LogP contribution >= 0.6 is 23.4 Å². The van der Waals surface area contributed by atoms with Crippen LogP contribution < -0.4 is 0 Å². The van der Waals surface area contributed by atoms with Crippen molar-refractivity contribution < 1.29 is 9.32 Å². The standard InChI is InChI=1S/C18H16ClN3O2S/c1-22(17(23)12-25-15-5-3-2-4-6-15)11-16-20-18(21-24-16)13-7-9-14(19)10-8-13/h2-10H,11-12H2,1H3. The summed E-state index contributed by atoms with van der Waals surface area (Å²) in [6.45, 7) is 0.273. The second-order valence-corrected chi connectivity index (χ2v) is 6.86. The molecule has 3 rings (SSSR count). The average Bonchev–Trinajstić information content (AvgIpc) is 3.09. The molecule has 0 aliphatic rings. The van der Waals surface area contributed by atoms with Gasteiger partial charge in [-0.2, -0.15) is 4.98 Å². The van der Waals surface area contributed by atoms with Crippen LogP contribution in [0.4, 0.5) is 0 Å². The summed E-state index contributed by atoms with van der Waals surface area (Å²) in [6, 6.07) is 17.0. The number of hydrogen-bond donors (Lipinski definition) is 0. The van der Waals surface area contributed by atoms with Gasteiger partial charge in [-0.3, -0.25) is 4.79 Å². The highest BCUT2D eigenvalue weighted by molar-refractivity contribution is 8.00. The average molecular weight is 374 g/mol. The Morgan fingerprint density at radius 2 is 1.88 bits per heavy atom. The molecule has 0 unspecified atom stereocenters. The van der Waals surface area contributed by atoms with E-state index < -0.39 is 0 Å². The Labute approximate surface area is 155 Å². The van der Waals surface area contributed by atoms with E-state index in [0.29, 0.717) is 22.5 Å². The first-order valence-electron chi connectivity index (χ1n) is 7.62. The van der Waals surface area contributed by atoms with E-state index in [1.54, 1.807) is 24.1 Å². The minimum atomic E-state index is 0.0000889. The molecule has 0 bridgehead atoms. The van der Waals surface area contributed by atoms with Gasteiger partial charge in [0, 0.05) is 22.5 Å². The predicted molar refractivity (Wildman–Crippen MR) is 98.4 cm³/mol. The van der Waals surface area contributed by atoms with Gasteiger partial charge in [-0.25, -0.2) is 0 Å². The van der Waals surface area contributed by atoms with Crippen molar-refractivity contribution in [3.63, 3.8) is 0 Å². The molecule has 0 spiro atoms. The number of halogens is 1. The van der Waals surface area contributed by atoms with Crippen molar-refractivity contribution in [2.45, 2.75) is 11.4 Å². The SMILES string of the molecule is CN(Cc1nc(-c2ccc(Cl)cc2)no1)C(=O)CSc1ccccc1. The van der Waals surface area contributed by atoms with E-state index >= 15 is 0 Å². The van der Waals surface area contributed by atoms with E-state index in [9.17, 15) is 4.79 Å². The second-order valence-electron chi connectivity index (χ2n) is 5.37. The minimum absolute atomic E-state index is 0.0000889. The molecule has 0 atom stereocenters. The largest absolute Gasteiger partial charge is 0.337 e. The lowest BCUT2D eigenvalue weighted by Crippen LogP contribution is -2.27. The fourth-order valence-corrected chi connectivity index (χ4v) is 3.08. The molecule has 5 nitrogen and oxygen atoms in total. The maximum atomic E-state index is 12.2. The second kappa shape index (κ2) is 8.18. The van der Waals surface area contributed by atoms with Gasteiger partial charge in [0.05, 0.1) is 12.3 Å². The molecule has 1 heterocycles. The molecular formula is C18H16ClN3O2S. The molecule has 0 N–H and O–H groups in total. The molecule has 2 aromatic carbocycles. The van der Waals surface area contributed by atoms with Crippen LogP contribution in [-0.2, 0) is 11.3 Å². The van der Waals surface area contributed by atoms with E-state index in [4.69, 9.17) is 16.1 Å². The lowest BCUT2D eigenvalue weighted by molar-refractivity contribution is -0.127. The van der Waals surface area contributed by atoms with Crippen LogP contribution in [0.3, 0.4) is 0 Å². The molecular weight excluding hydrogens is 358 g/mol. The van der Waals surface area contributed by atoms with E-state index in [-0.39, 0.29) is 12.5 Å². The van der Waals surface area contributed by atoms with Crippen molar-refractivity contribution in [2.24, 2.45) is 0 Å². The molecule has 1 aromatic heterocycles. The summed E-state index contributed by atoms with van der Waals surface area (Å²) < 4.78 is 5.24. The van der Waals surface area contributed by atoms with Gasteiger partial charge in [0.1, 0.15) is 0 Å². The highest BCUT2D eigenvalue weighted by Crippen LogP contribution is 2.20. The third-order valence-corrected chi connectivity index (χ3v) is 4.72. The van der Waals surface area contributed by atoms with E-state index in [0.717, 1.165) is 10.5 Å². The van der Waals surface area contributed by atoms with Gasteiger partial charge >= 0.3 is 0 Å². The lowest BCUT2D eigenvalue weighted by atomic mass is 10.2. The normalized spacial score (nSPS) is 10.6. The van der Waals surface area contributed by atoms with Crippen molar-refractivity contribution in [3.05, 3.63) is 65.5 Å². The summed E-state index contributed by atoms with van der Waals surface area (Å²) in [7, 11) is 1.72. The van der Waals surface area contributed by atoms with Crippen LogP contribution in [0.5, 0.6) is 0 Å². The maximum absolute atomic E-state index is 12.2. The zero-order valence-electron chi connectivity index (χ0n) is 13.6. The number of thioether (sulfide) groups is 1. The van der Waals surface area contributed by atoms with Gasteiger partial charge in [-0.15, -0.1) is 11.8 Å². The number of rotatable bonds is 6. The summed E-state index contributed by atoms with van der Waals surface area (Å²) in [5.74, 6) is 1.23. The Hall–Kier alpha value is -2.31. The summed E-state index contributed by atoms with van der Waals surface area (Å²) in [5.41, 5.74) is 0.813. The lowest BCUT2D eigenvalue weighted by Gasteiger charge is -2.14. The molecule has 0 radical (unpaired) electrons. The molecule has 0 fully saturated rings. The molecule has 128 valence electrons. The van der Waals surface area contributed by atoms with Gasteiger partial charge in [-0.05, 0) is 36.4 Å². The first-order valence-corrected chi connectivity index (χ1v) is 8.98. The molecule has 0 aliphatic heterocycles. The first-order chi connectivity index (χ1) is 12.1. The van der Waals surface area contributed by atoms with Gasteiger partial charge in [0.25, 0.3) is 0 Å². The van der Waals surface area contributed by atoms with Crippen LogP contribution in [-0.4, -0.2) is 33.7 Å². The number of amides is 1. The van der Waals surface area contributed by atoms with Crippen molar-refractivity contribution in [2.75, 3.05) is 12.8 Å². The third-order valence-electron chi connectivity index (χ3n) is 3.47. The highest BCUT2D eigenvalue weighted by Gasteiger charge is 2.15.